The molecule has 7 atom stereocenters. The third-order valence-corrected chi connectivity index (χ3v) is 7.81. The van der Waals surface area contributed by atoms with Crippen LogP contribution in [0.4, 0.5) is 0 Å². The monoisotopic (exact) mass is 388 g/mol. The summed E-state index contributed by atoms with van der Waals surface area (Å²) in [7, 11) is 1.40. The van der Waals surface area contributed by atoms with Crippen LogP contribution >= 0.6 is 0 Å². The Morgan fingerprint density at radius 3 is 2.64 bits per heavy atom. The average molecular weight is 388 g/mol. The largest absolute Gasteiger partial charge is 0.472 e. The fourth-order valence-electron chi connectivity index (χ4n) is 6.40. The van der Waals surface area contributed by atoms with Crippen LogP contribution in [0, 0.1) is 34.5 Å². The van der Waals surface area contributed by atoms with Crippen molar-refractivity contribution >= 4 is 17.7 Å². The summed E-state index contributed by atoms with van der Waals surface area (Å²) in [5.74, 6) is -1.62. The van der Waals surface area contributed by atoms with Gasteiger partial charge in [0.1, 0.15) is 11.9 Å². The number of ketones is 1. The summed E-state index contributed by atoms with van der Waals surface area (Å²) in [4.78, 5) is 39.0. The van der Waals surface area contributed by atoms with Gasteiger partial charge in [0.05, 0.1) is 31.5 Å². The van der Waals surface area contributed by atoms with E-state index in [1.165, 1.54) is 7.11 Å². The van der Waals surface area contributed by atoms with Crippen molar-refractivity contribution in [3.05, 3.63) is 24.2 Å². The van der Waals surface area contributed by atoms with Crippen molar-refractivity contribution in [3.63, 3.8) is 0 Å². The molecular weight excluding hydrogens is 360 g/mol. The number of carbonyl (C=O) groups excluding carboxylic acids is 3. The van der Waals surface area contributed by atoms with Gasteiger partial charge >= 0.3 is 11.9 Å². The van der Waals surface area contributed by atoms with E-state index in [1.54, 1.807) is 18.6 Å². The molecule has 0 spiro atoms. The zero-order chi connectivity index (χ0) is 20.3. The lowest BCUT2D eigenvalue weighted by atomic mass is 9.42. The van der Waals surface area contributed by atoms with E-state index in [4.69, 9.17) is 13.9 Å². The first-order valence-electron chi connectivity index (χ1n) is 10.1. The van der Waals surface area contributed by atoms with Gasteiger partial charge in [0.2, 0.25) is 0 Å². The Hall–Kier alpha value is -2.11. The van der Waals surface area contributed by atoms with Gasteiger partial charge in [-0.05, 0) is 42.6 Å². The Kier molecular flexibility index (Phi) is 4.43. The van der Waals surface area contributed by atoms with Gasteiger partial charge in [-0.25, -0.2) is 0 Å². The molecule has 0 aromatic carbocycles. The highest BCUT2D eigenvalue weighted by atomic mass is 16.5. The summed E-state index contributed by atoms with van der Waals surface area (Å²) in [5.41, 5.74) is -0.274. The molecule has 3 fully saturated rings. The van der Waals surface area contributed by atoms with Crippen molar-refractivity contribution in [2.24, 2.45) is 34.5 Å². The van der Waals surface area contributed by atoms with Gasteiger partial charge in [-0.1, -0.05) is 20.8 Å². The molecule has 0 radical (unpaired) electrons. The molecule has 0 bridgehead atoms. The Bertz CT molecular complexity index is 798. The van der Waals surface area contributed by atoms with E-state index in [9.17, 15) is 14.4 Å². The zero-order valence-electron chi connectivity index (χ0n) is 16.9. The van der Waals surface area contributed by atoms with Gasteiger partial charge in [-0.2, -0.15) is 0 Å². The number of rotatable bonds is 2. The molecule has 6 heteroatoms. The zero-order valence-corrected chi connectivity index (χ0v) is 16.9. The molecule has 6 nitrogen and oxygen atoms in total. The maximum Gasteiger partial charge on any atom is 0.310 e. The third-order valence-electron chi connectivity index (χ3n) is 7.81. The van der Waals surface area contributed by atoms with Crippen LogP contribution in [-0.2, 0) is 23.9 Å². The molecule has 28 heavy (non-hydrogen) atoms. The van der Waals surface area contributed by atoms with E-state index in [0.717, 1.165) is 5.56 Å². The highest BCUT2D eigenvalue weighted by molar-refractivity contribution is 5.90. The highest BCUT2D eigenvalue weighted by Gasteiger charge is 2.66. The lowest BCUT2D eigenvalue weighted by Crippen LogP contribution is -2.63. The molecule has 0 amide bonds. The quantitative estimate of drug-likeness (QED) is 0.719. The number of furan rings is 1. The standard InChI is InChI=1S/C22H28O6/c1-12-9-15(19(24)26-4)21(2)7-5-14-20(25)28-16(13-6-8-27-11-13)10-22(14,3)18(21)17(12)23/h6,8,11-12,14-16,18H,5,7,9-10H2,1-4H3/t12-,14?,15-,16-,18?,21-,22-/m0/s1. The molecule has 3 aliphatic rings. The van der Waals surface area contributed by atoms with Crippen LogP contribution in [0.5, 0.6) is 0 Å². The second kappa shape index (κ2) is 6.46. The van der Waals surface area contributed by atoms with Crippen molar-refractivity contribution in [2.45, 2.75) is 52.6 Å². The van der Waals surface area contributed by atoms with Crippen LogP contribution in [0.1, 0.15) is 58.1 Å². The number of hydrogen-bond acceptors (Lipinski definition) is 6. The molecule has 2 saturated carbocycles. The number of hydrogen-bond donors (Lipinski definition) is 0. The highest BCUT2D eigenvalue weighted by Crippen LogP contribution is 2.65. The van der Waals surface area contributed by atoms with Crippen molar-refractivity contribution in [1.29, 1.82) is 0 Å². The number of esters is 2. The van der Waals surface area contributed by atoms with Crippen molar-refractivity contribution < 1.29 is 28.3 Å². The van der Waals surface area contributed by atoms with Crippen LogP contribution in [0.25, 0.3) is 0 Å². The SMILES string of the molecule is COC(=O)[C@@H]1C[C@H](C)C(=O)C2[C@@]3(C)C[C@@H](c4ccoc4)OC(=O)C3CC[C@]21C. The van der Waals surface area contributed by atoms with Crippen molar-refractivity contribution in [3.8, 4) is 0 Å². The minimum Gasteiger partial charge on any atom is -0.472 e. The molecule has 0 N–H and O–H groups in total. The van der Waals surface area contributed by atoms with E-state index in [1.807, 2.05) is 20.8 Å². The molecule has 1 aromatic rings. The second-order valence-corrected chi connectivity index (χ2v) is 9.34. The number of methoxy groups -OCH3 is 1. The first-order valence-corrected chi connectivity index (χ1v) is 10.1. The fourth-order valence-corrected chi connectivity index (χ4v) is 6.40. The fraction of sp³-hybridized carbons (Fsp3) is 0.682. The summed E-state index contributed by atoms with van der Waals surface area (Å²) in [6.45, 7) is 5.97. The minimum atomic E-state index is -0.567. The van der Waals surface area contributed by atoms with Crippen LogP contribution in [0.15, 0.2) is 23.0 Å². The predicted octanol–water partition coefficient (Wildman–Crippen LogP) is 3.70. The van der Waals surface area contributed by atoms with Crippen LogP contribution < -0.4 is 0 Å². The summed E-state index contributed by atoms with van der Waals surface area (Å²) in [6.07, 6.45) is 5.04. The Balaban J connectivity index is 1.79. The second-order valence-electron chi connectivity index (χ2n) is 9.34. The average Bonchev–Trinajstić information content (AvgIpc) is 3.18. The molecule has 152 valence electrons. The summed E-state index contributed by atoms with van der Waals surface area (Å²) in [5, 5.41) is 0. The molecule has 4 rings (SSSR count). The van der Waals surface area contributed by atoms with E-state index < -0.39 is 16.9 Å². The van der Waals surface area contributed by atoms with Gasteiger partial charge < -0.3 is 13.9 Å². The maximum absolute atomic E-state index is 13.5. The van der Waals surface area contributed by atoms with Crippen molar-refractivity contribution in [2.75, 3.05) is 7.11 Å². The predicted molar refractivity (Wildman–Crippen MR) is 98.9 cm³/mol. The number of cyclic esters (lactones) is 1. The van der Waals surface area contributed by atoms with E-state index in [2.05, 4.69) is 0 Å². The van der Waals surface area contributed by atoms with Crippen LogP contribution in [0.3, 0.4) is 0 Å². The lowest BCUT2D eigenvalue weighted by Gasteiger charge is -2.61. The Morgan fingerprint density at radius 2 is 2.00 bits per heavy atom. The molecule has 1 aliphatic heterocycles. The topological polar surface area (TPSA) is 82.8 Å². The van der Waals surface area contributed by atoms with Gasteiger partial charge in [0, 0.05) is 17.4 Å². The smallest absolute Gasteiger partial charge is 0.310 e. The van der Waals surface area contributed by atoms with E-state index in [0.29, 0.717) is 25.7 Å². The molecule has 1 saturated heterocycles. The van der Waals surface area contributed by atoms with Gasteiger partial charge in [0.15, 0.2) is 0 Å². The number of fused-ring (bicyclic) bond motifs is 3. The Morgan fingerprint density at radius 1 is 1.25 bits per heavy atom. The minimum absolute atomic E-state index is 0.162. The summed E-state index contributed by atoms with van der Waals surface area (Å²) >= 11 is 0. The van der Waals surface area contributed by atoms with Crippen LogP contribution in [0.2, 0.25) is 0 Å². The summed E-state index contributed by atoms with van der Waals surface area (Å²) < 4.78 is 16.0. The molecule has 2 unspecified atom stereocenters. The molecular formula is C22H28O6. The first-order chi connectivity index (χ1) is 13.2. The van der Waals surface area contributed by atoms with E-state index in [-0.39, 0.29) is 41.4 Å². The maximum atomic E-state index is 13.5. The summed E-state index contributed by atoms with van der Waals surface area (Å²) in [6, 6.07) is 1.80. The van der Waals surface area contributed by atoms with E-state index >= 15 is 0 Å². The third kappa shape index (κ3) is 2.56. The Labute approximate surface area is 164 Å². The normalized spacial score (nSPS) is 42.9. The van der Waals surface area contributed by atoms with Gasteiger partial charge in [-0.3, -0.25) is 14.4 Å². The van der Waals surface area contributed by atoms with Gasteiger partial charge in [-0.15, -0.1) is 0 Å². The lowest BCUT2D eigenvalue weighted by molar-refractivity contribution is -0.204. The molecule has 1 aromatic heterocycles. The van der Waals surface area contributed by atoms with Gasteiger partial charge in [0.25, 0.3) is 0 Å². The number of ether oxygens (including phenoxy) is 2. The van der Waals surface area contributed by atoms with Crippen molar-refractivity contribution in [1.82, 2.24) is 0 Å². The molecule has 2 aliphatic carbocycles. The first kappa shape index (κ1) is 19.2. The number of Topliss-reactive ketones (excluding diaryl/α,β-unsaturated/α-hetero) is 1. The van der Waals surface area contributed by atoms with Crippen LogP contribution in [-0.4, -0.2) is 24.8 Å². The molecule has 2 heterocycles. The number of carbonyl (C=O) groups is 3.